The van der Waals surface area contributed by atoms with Gasteiger partial charge in [-0.3, -0.25) is 4.99 Å². The number of ether oxygens (including phenoxy) is 1. The first-order chi connectivity index (χ1) is 10.7. The van der Waals surface area contributed by atoms with E-state index in [0.29, 0.717) is 12.1 Å². The Labute approximate surface area is 135 Å². The van der Waals surface area contributed by atoms with Gasteiger partial charge in [-0.2, -0.15) is 0 Å². The first kappa shape index (κ1) is 17.2. The molecular weight excluding hydrogens is 274 g/mol. The van der Waals surface area contributed by atoms with Crippen LogP contribution in [0.4, 0.5) is 0 Å². The van der Waals surface area contributed by atoms with Crippen LogP contribution in [0.15, 0.2) is 22.1 Å². The van der Waals surface area contributed by atoms with Gasteiger partial charge >= 0.3 is 0 Å². The minimum absolute atomic E-state index is 0.406. The number of methoxy groups -OCH3 is 1. The molecule has 0 spiro atoms. The Kier molecular flexibility index (Phi) is 6.62. The highest BCUT2D eigenvalue weighted by molar-refractivity contribution is 6.05. The van der Waals surface area contributed by atoms with Crippen molar-refractivity contribution in [2.24, 2.45) is 9.98 Å². The first-order valence-electron chi connectivity index (χ1n) is 8.79. The van der Waals surface area contributed by atoms with Gasteiger partial charge in [-0.05, 0) is 44.1 Å². The molecule has 4 nitrogen and oxygen atoms in total. The van der Waals surface area contributed by atoms with Crippen molar-refractivity contribution in [3.63, 3.8) is 0 Å². The van der Waals surface area contributed by atoms with Gasteiger partial charge in [0.2, 0.25) is 0 Å². The van der Waals surface area contributed by atoms with Gasteiger partial charge in [0.25, 0.3) is 0 Å². The molecule has 124 valence electrons. The van der Waals surface area contributed by atoms with E-state index in [1.807, 2.05) is 7.11 Å². The molecule has 4 heteroatoms. The van der Waals surface area contributed by atoms with Crippen molar-refractivity contribution in [2.45, 2.75) is 70.9 Å². The summed E-state index contributed by atoms with van der Waals surface area (Å²) in [6, 6.07) is 0.472. The van der Waals surface area contributed by atoms with E-state index in [9.17, 15) is 0 Å². The molecule has 2 fully saturated rings. The van der Waals surface area contributed by atoms with Crippen LogP contribution in [0.1, 0.15) is 58.8 Å². The van der Waals surface area contributed by atoms with Gasteiger partial charge in [-0.15, -0.1) is 0 Å². The van der Waals surface area contributed by atoms with E-state index >= 15 is 0 Å². The van der Waals surface area contributed by atoms with Crippen molar-refractivity contribution in [1.29, 1.82) is 0 Å². The highest BCUT2D eigenvalue weighted by atomic mass is 16.5. The summed E-state index contributed by atoms with van der Waals surface area (Å²) in [5.41, 5.74) is 1.06. The molecule has 1 aliphatic carbocycles. The number of piperidine rings is 1. The molecular formula is C18H31N3O. The Morgan fingerprint density at radius 3 is 2.27 bits per heavy atom. The summed E-state index contributed by atoms with van der Waals surface area (Å²) in [5, 5.41) is 0. The van der Waals surface area contributed by atoms with Crippen LogP contribution in [0.25, 0.3) is 0 Å². The number of hydrogen-bond acceptors (Lipinski definition) is 2. The van der Waals surface area contributed by atoms with Gasteiger partial charge in [0.05, 0.1) is 12.1 Å². The number of nitrogens with zero attached hydrogens (tertiary/aromatic N) is 3. The number of likely N-dealkylation sites (tertiary alicyclic amines) is 1. The summed E-state index contributed by atoms with van der Waals surface area (Å²) in [4.78, 5) is 12.2. The molecule has 1 heterocycles. The summed E-state index contributed by atoms with van der Waals surface area (Å²) in [6.07, 6.45) is 8.14. The average molecular weight is 305 g/mol. The molecule has 2 aliphatic rings. The Hall–Kier alpha value is -1.16. The maximum Gasteiger partial charge on any atom is 0.152 e. The third-order valence-electron chi connectivity index (χ3n) is 4.81. The zero-order valence-corrected chi connectivity index (χ0v) is 14.5. The molecule has 0 aromatic rings. The first-order valence-corrected chi connectivity index (χ1v) is 8.79. The predicted octanol–water partition coefficient (Wildman–Crippen LogP) is 3.82. The van der Waals surface area contributed by atoms with Crippen LogP contribution >= 0.6 is 0 Å². The van der Waals surface area contributed by atoms with E-state index in [4.69, 9.17) is 14.7 Å². The summed E-state index contributed by atoms with van der Waals surface area (Å²) in [7, 11) is 1.81. The van der Waals surface area contributed by atoms with Crippen molar-refractivity contribution >= 4 is 11.7 Å². The van der Waals surface area contributed by atoms with Crippen molar-refractivity contribution in [1.82, 2.24) is 4.90 Å². The Balaban J connectivity index is 2.10. The van der Waals surface area contributed by atoms with Crippen molar-refractivity contribution in [2.75, 3.05) is 20.2 Å². The largest absolute Gasteiger partial charge is 0.381 e. The minimum atomic E-state index is 0.406. The topological polar surface area (TPSA) is 37.2 Å². The smallest absolute Gasteiger partial charge is 0.152 e. The SMILES string of the molecule is C=C(CC)C(=NC1CCC1)N=C(CC)N1CCC(OC)CC1. The van der Waals surface area contributed by atoms with Crippen LogP contribution in [-0.2, 0) is 4.74 Å². The monoisotopic (exact) mass is 305 g/mol. The van der Waals surface area contributed by atoms with Crippen molar-refractivity contribution in [3.05, 3.63) is 12.2 Å². The molecule has 1 saturated heterocycles. The molecule has 0 radical (unpaired) electrons. The van der Waals surface area contributed by atoms with Crippen molar-refractivity contribution < 1.29 is 4.74 Å². The van der Waals surface area contributed by atoms with Crippen LogP contribution in [-0.4, -0.2) is 48.9 Å². The lowest BCUT2D eigenvalue weighted by molar-refractivity contribution is 0.0575. The lowest BCUT2D eigenvalue weighted by atomic mass is 9.94. The van der Waals surface area contributed by atoms with Gasteiger partial charge in [-0.1, -0.05) is 20.4 Å². The zero-order chi connectivity index (χ0) is 15.9. The number of amidine groups is 2. The second kappa shape index (κ2) is 8.47. The molecule has 0 aromatic carbocycles. The lowest BCUT2D eigenvalue weighted by Gasteiger charge is -2.33. The van der Waals surface area contributed by atoms with Gasteiger partial charge in [0.15, 0.2) is 5.84 Å². The fourth-order valence-corrected chi connectivity index (χ4v) is 2.89. The van der Waals surface area contributed by atoms with E-state index in [0.717, 1.165) is 56.0 Å². The molecule has 0 atom stereocenters. The second-order valence-electron chi connectivity index (χ2n) is 6.30. The molecule has 0 amide bonds. The minimum Gasteiger partial charge on any atom is -0.381 e. The van der Waals surface area contributed by atoms with E-state index in [2.05, 4.69) is 25.3 Å². The summed E-state index contributed by atoms with van der Waals surface area (Å²) in [5.74, 6) is 2.04. The van der Waals surface area contributed by atoms with Crippen LogP contribution < -0.4 is 0 Å². The highest BCUT2D eigenvalue weighted by Crippen LogP contribution is 2.23. The number of hydrogen-bond donors (Lipinski definition) is 0. The molecule has 0 bridgehead atoms. The van der Waals surface area contributed by atoms with E-state index in [1.54, 1.807) is 0 Å². The molecule has 22 heavy (non-hydrogen) atoms. The highest BCUT2D eigenvalue weighted by Gasteiger charge is 2.22. The van der Waals surface area contributed by atoms with Crippen LogP contribution in [0.2, 0.25) is 0 Å². The third-order valence-corrected chi connectivity index (χ3v) is 4.81. The second-order valence-corrected chi connectivity index (χ2v) is 6.30. The normalized spacial score (nSPS) is 21.9. The maximum absolute atomic E-state index is 5.46. The van der Waals surface area contributed by atoms with Crippen LogP contribution in [0.3, 0.4) is 0 Å². The molecule has 1 saturated carbocycles. The van der Waals surface area contributed by atoms with Crippen LogP contribution in [0, 0.1) is 0 Å². The zero-order valence-electron chi connectivity index (χ0n) is 14.5. The Morgan fingerprint density at radius 1 is 1.14 bits per heavy atom. The summed E-state index contributed by atoms with van der Waals surface area (Å²) < 4.78 is 5.46. The molecule has 0 N–H and O–H groups in total. The lowest BCUT2D eigenvalue weighted by Crippen LogP contribution is -2.40. The fraction of sp³-hybridized carbons (Fsp3) is 0.778. The van der Waals surface area contributed by atoms with E-state index in [-0.39, 0.29) is 0 Å². The summed E-state index contributed by atoms with van der Waals surface area (Å²) in [6.45, 7) is 10.5. The van der Waals surface area contributed by atoms with Gasteiger partial charge in [0.1, 0.15) is 5.84 Å². The maximum atomic E-state index is 5.46. The molecule has 2 rings (SSSR count). The van der Waals surface area contributed by atoms with Gasteiger partial charge in [0, 0.05) is 26.6 Å². The predicted molar refractivity (Wildman–Crippen MR) is 93.8 cm³/mol. The molecule has 0 aromatic heterocycles. The van der Waals surface area contributed by atoms with E-state index in [1.165, 1.54) is 19.3 Å². The van der Waals surface area contributed by atoms with Crippen molar-refractivity contribution in [3.8, 4) is 0 Å². The van der Waals surface area contributed by atoms with E-state index < -0.39 is 0 Å². The molecule has 0 unspecified atom stereocenters. The molecule has 1 aliphatic heterocycles. The Bertz CT molecular complexity index is 430. The number of rotatable bonds is 5. The standard InChI is InChI=1S/C18H31N3O/c1-5-14(3)18(19-15-8-7-9-15)20-17(6-2)21-12-10-16(22-4)11-13-21/h15-16H,3,5-13H2,1-2,4H3. The van der Waals surface area contributed by atoms with Gasteiger partial charge < -0.3 is 9.64 Å². The third kappa shape index (κ3) is 4.42. The summed E-state index contributed by atoms with van der Waals surface area (Å²) >= 11 is 0. The van der Waals surface area contributed by atoms with Gasteiger partial charge in [-0.25, -0.2) is 4.99 Å². The fourth-order valence-electron chi connectivity index (χ4n) is 2.89. The number of aliphatic imine (C=N–C) groups is 2. The quantitative estimate of drug-likeness (QED) is 0.572. The average Bonchev–Trinajstić information content (AvgIpc) is 2.53. The van der Waals surface area contributed by atoms with Crippen LogP contribution in [0.5, 0.6) is 0 Å². The Morgan fingerprint density at radius 2 is 1.82 bits per heavy atom.